The maximum absolute atomic E-state index is 13.5. The highest BCUT2D eigenvalue weighted by atomic mass is 32.2. The van der Waals surface area contributed by atoms with Crippen LogP contribution in [0.2, 0.25) is 0 Å². The molecule has 0 radical (unpaired) electrons. The number of methoxy groups -OCH3 is 1. The maximum atomic E-state index is 13.5. The van der Waals surface area contributed by atoms with Gasteiger partial charge in [-0.25, -0.2) is 13.4 Å². The van der Waals surface area contributed by atoms with Crippen LogP contribution in [0.25, 0.3) is 5.65 Å². The number of carbonyl (C=O) groups is 1. The van der Waals surface area contributed by atoms with Crippen molar-refractivity contribution in [2.45, 2.75) is 43.3 Å². The number of amides is 1. The van der Waals surface area contributed by atoms with Crippen molar-refractivity contribution in [3.05, 3.63) is 47.9 Å². The summed E-state index contributed by atoms with van der Waals surface area (Å²) in [6, 6.07) is 7.82. The van der Waals surface area contributed by atoms with E-state index in [1.807, 2.05) is 0 Å². The molecule has 1 aliphatic heterocycles. The minimum absolute atomic E-state index is 0.0131. The molecular weight excluding hydrogens is 547 g/mol. The summed E-state index contributed by atoms with van der Waals surface area (Å²) in [5.41, 5.74) is 1.36. The molecule has 0 aliphatic carbocycles. The van der Waals surface area contributed by atoms with E-state index in [4.69, 9.17) is 4.74 Å². The highest BCUT2D eigenvalue weighted by Gasteiger charge is 2.32. The van der Waals surface area contributed by atoms with Gasteiger partial charge in [0.2, 0.25) is 5.91 Å². The van der Waals surface area contributed by atoms with Crippen LogP contribution >= 0.6 is 0 Å². The van der Waals surface area contributed by atoms with Gasteiger partial charge in [0.25, 0.3) is 0 Å². The first-order valence-corrected chi connectivity index (χ1v) is 14.4. The first-order chi connectivity index (χ1) is 18.9. The summed E-state index contributed by atoms with van der Waals surface area (Å²) in [5, 5.41) is 6.38. The predicted molar refractivity (Wildman–Crippen MR) is 145 cm³/mol. The van der Waals surface area contributed by atoms with E-state index >= 15 is 0 Å². The zero-order chi connectivity index (χ0) is 29.1. The summed E-state index contributed by atoms with van der Waals surface area (Å²) in [5.74, 6) is 5.89. The third-order valence-electron chi connectivity index (χ3n) is 6.59. The van der Waals surface area contributed by atoms with Crippen molar-refractivity contribution in [3.63, 3.8) is 0 Å². The van der Waals surface area contributed by atoms with Crippen LogP contribution in [0.5, 0.6) is 5.75 Å². The van der Waals surface area contributed by atoms with Crippen molar-refractivity contribution >= 4 is 32.8 Å². The lowest BCUT2D eigenvalue weighted by Crippen LogP contribution is -2.41. The van der Waals surface area contributed by atoms with Crippen LogP contribution in [0, 0.1) is 11.8 Å². The predicted octanol–water partition coefficient (Wildman–Crippen LogP) is 3.74. The molecule has 1 amide bonds. The second-order valence-electron chi connectivity index (χ2n) is 9.53. The summed E-state index contributed by atoms with van der Waals surface area (Å²) in [6.07, 6.45) is -1.63. The standard InChI is InChI=1S/C27H30F3N5O4S/c1-18(36)34-14-10-19(11-15-34)32-23-7-5-13-35-24(17-27(28,29)30)21(33-26(23)35)6-4-12-31-22-9-8-20(40(3,37)38)16-25(22)39-2/h5,7-9,13,16,19,31-32H,10-12,14-15,17H2,1-3H3. The van der Waals surface area contributed by atoms with E-state index in [1.165, 1.54) is 42.8 Å². The van der Waals surface area contributed by atoms with Crippen LogP contribution in [0.4, 0.5) is 24.5 Å². The molecule has 2 N–H and O–H groups in total. The molecule has 13 heteroatoms. The Labute approximate surface area is 230 Å². The SMILES string of the molecule is COc1cc(S(C)(=O)=O)ccc1NCC#Cc1nc2c(NC3CCN(C(C)=O)CC3)cccn2c1CC(F)(F)F. The Kier molecular flexibility index (Phi) is 8.48. The lowest BCUT2D eigenvalue weighted by Gasteiger charge is -2.32. The number of aromatic nitrogens is 2. The molecule has 3 aromatic rings. The lowest BCUT2D eigenvalue weighted by atomic mass is 10.0. The van der Waals surface area contributed by atoms with Gasteiger partial charge >= 0.3 is 6.18 Å². The Morgan fingerprint density at radius 1 is 1.20 bits per heavy atom. The molecule has 0 saturated carbocycles. The lowest BCUT2D eigenvalue weighted by molar-refractivity contribution is -0.130. The smallest absolute Gasteiger partial charge is 0.394 e. The number of alkyl halides is 3. The molecule has 9 nitrogen and oxygen atoms in total. The van der Waals surface area contributed by atoms with Gasteiger partial charge in [-0.05, 0) is 43.0 Å². The van der Waals surface area contributed by atoms with Crippen molar-refractivity contribution in [3.8, 4) is 17.6 Å². The number of anilines is 2. The number of nitrogens with one attached hydrogen (secondary N) is 2. The molecular formula is C27H30F3N5O4S. The number of likely N-dealkylation sites (tertiary alicyclic amines) is 1. The topological polar surface area (TPSA) is 105 Å². The second kappa shape index (κ2) is 11.7. The van der Waals surface area contributed by atoms with Crippen molar-refractivity contribution in [1.82, 2.24) is 14.3 Å². The zero-order valence-electron chi connectivity index (χ0n) is 22.3. The zero-order valence-corrected chi connectivity index (χ0v) is 23.1. The van der Waals surface area contributed by atoms with Gasteiger partial charge in [-0.15, -0.1) is 0 Å². The molecule has 0 atom stereocenters. The summed E-state index contributed by atoms with van der Waals surface area (Å²) in [6.45, 7) is 2.79. The number of fused-ring (bicyclic) bond motifs is 1. The summed E-state index contributed by atoms with van der Waals surface area (Å²) >= 11 is 0. The van der Waals surface area contributed by atoms with E-state index < -0.39 is 22.4 Å². The van der Waals surface area contributed by atoms with E-state index in [1.54, 1.807) is 17.0 Å². The van der Waals surface area contributed by atoms with E-state index in [0.717, 1.165) is 6.26 Å². The average molecular weight is 578 g/mol. The Morgan fingerprint density at radius 3 is 2.55 bits per heavy atom. The second-order valence-corrected chi connectivity index (χ2v) is 11.5. The molecule has 0 spiro atoms. The number of benzene rings is 1. The number of hydrogen-bond acceptors (Lipinski definition) is 7. The molecule has 0 bridgehead atoms. The van der Waals surface area contributed by atoms with Gasteiger partial charge in [-0.1, -0.05) is 5.92 Å². The van der Waals surface area contributed by atoms with Crippen LogP contribution in [0.15, 0.2) is 41.4 Å². The quantitative estimate of drug-likeness (QED) is 0.413. The summed E-state index contributed by atoms with van der Waals surface area (Å²) < 4.78 is 70.8. The summed E-state index contributed by atoms with van der Waals surface area (Å²) in [7, 11) is -2.02. The first kappa shape index (κ1) is 29.1. The Balaban J connectivity index is 1.57. The third kappa shape index (κ3) is 6.98. The Morgan fingerprint density at radius 2 is 1.93 bits per heavy atom. The number of rotatable bonds is 7. The van der Waals surface area contributed by atoms with Gasteiger partial charge in [0.05, 0.1) is 42.0 Å². The number of nitrogens with zero attached hydrogens (tertiary/aromatic N) is 3. The molecule has 4 rings (SSSR count). The number of pyridine rings is 1. The van der Waals surface area contributed by atoms with Gasteiger partial charge in [-0.3, -0.25) is 4.79 Å². The van der Waals surface area contributed by atoms with Crippen molar-refractivity contribution in [2.24, 2.45) is 0 Å². The number of imidazole rings is 1. The van der Waals surface area contributed by atoms with Gasteiger partial charge in [0.1, 0.15) is 11.4 Å². The number of ether oxygens (including phenoxy) is 1. The molecule has 3 heterocycles. The molecule has 1 saturated heterocycles. The van der Waals surface area contributed by atoms with Gasteiger partial charge in [-0.2, -0.15) is 13.2 Å². The Bertz CT molecular complexity index is 1570. The fourth-order valence-corrected chi connectivity index (χ4v) is 5.20. The third-order valence-corrected chi connectivity index (χ3v) is 7.70. The Hall–Kier alpha value is -3.92. The minimum atomic E-state index is -4.47. The number of piperidine rings is 1. The molecule has 1 fully saturated rings. The van der Waals surface area contributed by atoms with Crippen LogP contribution < -0.4 is 15.4 Å². The largest absolute Gasteiger partial charge is 0.495 e. The fourth-order valence-electron chi connectivity index (χ4n) is 4.56. The number of halogens is 3. The normalized spacial score (nSPS) is 14.5. The maximum Gasteiger partial charge on any atom is 0.394 e. The van der Waals surface area contributed by atoms with Crippen LogP contribution in [-0.2, 0) is 21.1 Å². The van der Waals surface area contributed by atoms with Crippen molar-refractivity contribution < 1.29 is 31.1 Å². The van der Waals surface area contributed by atoms with Crippen molar-refractivity contribution in [2.75, 3.05) is 43.6 Å². The first-order valence-electron chi connectivity index (χ1n) is 12.6. The van der Waals surface area contributed by atoms with E-state index in [9.17, 15) is 26.4 Å². The molecule has 214 valence electrons. The minimum Gasteiger partial charge on any atom is -0.495 e. The van der Waals surface area contributed by atoms with E-state index in [2.05, 4.69) is 27.5 Å². The van der Waals surface area contributed by atoms with Gasteiger partial charge in [0.15, 0.2) is 15.5 Å². The highest BCUT2D eigenvalue weighted by molar-refractivity contribution is 7.90. The highest BCUT2D eigenvalue weighted by Crippen LogP contribution is 2.29. The molecule has 40 heavy (non-hydrogen) atoms. The van der Waals surface area contributed by atoms with Crippen molar-refractivity contribution in [1.29, 1.82) is 0 Å². The molecule has 2 aromatic heterocycles. The molecule has 1 aromatic carbocycles. The molecule has 1 aliphatic rings. The number of carbonyl (C=O) groups excluding carboxylic acids is 1. The van der Waals surface area contributed by atoms with Crippen LogP contribution in [0.1, 0.15) is 31.2 Å². The van der Waals surface area contributed by atoms with Crippen LogP contribution in [0.3, 0.4) is 0 Å². The number of sulfone groups is 1. The van der Waals surface area contributed by atoms with Gasteiger partial charge < -0.3 is 24.7 Å². The molecule has 0 unspecified atom stereocenters. The number of hydrogen-bond donors (Lipinski definition) is 2. The monoisotopic (exact) mass is 577 g/mol. The van der Waals surface area contributed by atoms with E-state index in [-0.39, 0.29) is 34.8 Å². The van der Waals surface area contributed by atoms with E-state index in [0.29, 0.717) is 48.7 Å². The fraction of sp³-hybridized carbons (Fsp3) is 0.407. The van der Waals surface area contributed by atoms with Crippen LogP contribution in [-0.4, -0.2) is 73.8 Å². The average Bonchev–Trinajstić information content (AvgIpc) is 3.23. The summed E-state index contributed by atoms with van der Waals surface area (Å²) in [4.78, 5) is 17.9. The van der Waals surface area contributed by atoms with Gasteiger partial charge in [0, 0.05) is 44.6 Å².